The SMILES string of the molecule is COc1c(N)nsc1NCCc1nccn1C. The normalized spacial score (nSPS) is 10.5. The lowest BCUT2D eigenvalue weighted by Crippen LogP contribution is -2.08. The smallest absolute Gasteiger partial charge is 0.197 e. The molecule has 2 aromatic rings. The number of nitrogens with one attached hydrogen (secondary N) is 1. The molecule has 0 aliphatic rings. The van der Waals surface area contributed by atoms with E-state index in [0.717, 1.165) is 23.8 Å². The maximum absolute atomic E-state index is 5.66. The van der Waals surface area contributed by atoms with Gasteiger partial charge in [-0.3, -0.25) is 0 Å². The van der Waals surface area contributed by atoms with Gasteiger partial charge in [0.05, 0.1) is 7.11 Å². The second-order valence-corrected chi connectivity index (χ2v) is 4.33. The molecule has 0 unspecified atom stereocenters. The van der Waals surface area contributed by atoms with Crippen molar-refractivity contribution >= 4 is 22.4 Å². The number of imidazole rings is 1. The van der Waals surface area contributed by atoms with E-state index in [1.165, 1.54) is 11.5 Å². The minimum Gasteiger partial charge on any atom is -0.490 e. The second kappa shape index (κ2) is 5.05. The highest BCUT2D eigenvalue weighted by atomic mass is 32.1. The number of ether oxygens (including phenoxy) is 1. The van der Waals surface area contributed by atoms with Gasteiger partial charge in [-0.05, 0) is 11.5 Å². The third-order valence-electron chi connectivity index (χ3n) is 2.43. The molecular formula is C10H15N5OS. The lowest BCUT2D eigenvalue weighted by molar-refractivity contribution is 0.419. The first-order valence-electron chi connectivity index (χ1n) is 5.21. The summed E-state index contributed by atoms with van der Waals surface area (Å²) in [5.41, 5.74) is 5.66. The van der Waals surface area contributed by atoms with Gasteiger partial charge >= 0.3 is 0 Å². The lowest BCUT2D eigenvalue weighted by atomic mass is 10.4. The Labute approximate surface area is 104 Å². The third-order valence-corrected chi connectivity index (χ3v) is 3.23. The number of methoxy groups -OCH3 is 1. The van der Waals surface area contributed by atoms with E-state index >= 15 is 0 Å². The summed E-state index contributed by atoms with van der Waals surface area (Å²) in [6.07, 6.45) is 4.56. The molecule has 17 heavy (non-hydrogen) atoms. The van der Waals surface area contributed by atoms with Gasteiger partial charge < -0.3 is 20.4 Å². The van der Waals surface area contributed by atoms with Crippen molar-refractivity contribution in [2.75, 3.05) is 24.7 Å². The molecule has 0 aliphatic carbocycles. The highest BCUT2D eigenvalue weighted by Gasteiger charge is 2.11. The van der Waals surface area contributed by atoms with Gasteiger partial charge in [0, 0.05) is 32.4 Å². The van der Waals surface area contributed by atoms with Crippen molar-refractivity contribution in [3.8, 4) is 5.75 Å². The van der Waals surface area contributed by atoms with Gasteiger partial charge in [0.15, 0.2) is 16.6 Å². The van der Waals surface area contributed by atoms with Crippen LogP contribution >= 0.6 is 11.5 Å². The average molecular weight is 253 g/mol. The van der Waals surface area contributed by atoms with Crippen LogP contribution < -0.4 is 15.8 Å². The molecular weight excluding hydrogens is 238 g/mol. The Bertz CT molecular complexity index is 493. The Morgan fingerprint density at radius 1 is 1.59 bits per heavy atom. The molecule has 0 atom stereocenters. The molecule has 2 heterocycles. The van der Waals surface area contributed by atoms with E-state index in [2.05, 4.69) is 14.7 Å². The van der Waals surface area contributed by atoms with Crippen LogP contribution in [0.2, 0.25) is 0 Å². The number of hydrogen-bond donors (Lipinski definition) is 2. The van der Waals surface area contributed by atoms with Crippen molar-refractivity contribution in [3.05, 3.63) is 18.2 Å². The largest absolute Gasteiger partial charge is 0.490 e. The van der Waals surface area contributed by atoms with E-state index < -0.39 is 0 Å². The van der Waals surface area contributed by atoms with Crippen LogP contribution in [0.4, 0.5) is 10.8 Å². The number of aromatic nitrogens is 3. The minimum atomic E-state index is 0.428. The number of anilines is 2. The fourth-order valence-electron chi connectivity index (χ4n) is 1.53. The van der Waals surface area contributed by atoms with Gasteiger partial charge in [0.1, 0.15) is 5.82 Å². The molecule has 0 saturated carbocycles. The van der Waals surface area contributed by atoms with Crippen LogP contribution in [0.15, 0.2) is 12.4 Å². The van der Waals surface area contributed by atoms with Crippen LogP contribution in [-0.4, -0.2) is 27.6 Å². The molecule has 3 N–H and O–H groups in total. The summed E-state index contributed by atoms with van der Waals surface area (Å²) in [4.78, 5) is 4.25. The third kappa shape index (κ3) is 2.50. The van der Waals surface area contributed by atoms with Crippen molar-refractivity contribution in [1.29, 1.82) is 0 Å². The fraction of sp³-hybridized carbons (Fsp3) is 0.400. The molecule has 0 aliphatic heterocycles. The van der Waals surface area contributed by atoms with Crippen molar-refractivity contribution in [3.63, 3.8) is 0 Å². The molecule has 7 heteroatoms. The van der Waals surface area contributed by atoms with Crippen molar-refractivity contribution in [2.45, 2.75) is 6.42 Å². The van der Waals surface area contributed by atoms with Crippen LogP contribution in [-0.2, 0) is 13.5 Å². The van der Waals surface area contributed by atoms with Crippen molar-refractivity contribution < 1.29 is 4.74 Å². The Morgan fingerprint density at radius 2 is 2.41 bits per heavy atom. The van der Waals surface area contributed by atoms with Crippen molar-refractivity contribution in [2.24, 2.45) is 7.05 Å². The summed E-state index contributed by atoms with van der Waals surface area (Å²) in [5.74, 6) is 2.08. The fourth-order valence-corrected chi connectivity index (χ4v) is 2.24. The first-order chi connectivity index (χ1) is 8.22. The number of aryl methyl sites for hydroxylation is 1. The highest BCUT2D eigenvalue weighted by molar-refractivity contribution is 7.11. The Morgan fingerprint density at radius 3 is 3.06 bits per heavy atom. The summed E-state index contributed by atoms with van der Waals surface area (Å²) >= 11 is 1.30. The summed E-state index contributed by atoms with van der Waals surface area (Å²) in [6, 6.07) is 0. The summed E-state index contributed by atoms with van der Waals surface area (Å²) in [5, 5.41) is 4.11. The van der Waals surface area contributed by atoms with Crippen molar-refractivity contribution in [1.82, 2.24) is 13.9 Å². The van der Waals surface area contributed by atoms with Crippen LogP contribution in [0.5, 0.6) is 5.75 Å². The molecule has 0 bridgehead atoms. The first-order valence-corrected chi connectivity index (χ1v) is 5.99. The van der Waals surface area contributed by atoms with E-state index in [1.54, 1.807) is 13.3 Å². The highest BCUT2D eigenvalue weighted by Crippen LogP contribution is 2.34. The topological polar surface area (TPSA) is 78.0 Å². The van der Waals surface area contributed by atoms with Crippen LogP contribution in [0.1, 0.15) is 5.82 Å². The van der Waals surface area contributed by atoms with Crippen LogP contribution in [0.25, 0.3) is 0 Å². The average Bonchev–Trinajstić information content (AvgIpc) is 2.86. The maximum Gasteiger partial charge on any atom is 0.197 e. The van der Waals surface area contributed by atoms with Gasteiger partial charge in [-0.15, -0.1) is 0 Å². The monoisotopic (exact) mass is 253 g/mol. The zero-order valence-corrected chi connectivity index (χ0v) is 10.6. The van der Waals surface area contributed by atoms with Gasteiger partial charge in [-0.25, -0.2) is 4.98 Å². The summed E-state index contributed by atoms with van der Waals surface area (Å²) < 4.78 is 11.2. The molecule has 6 nitrogen and oxygen atoms in total. The van der Waals surface area contributed by atoms with Gasteiger partial charge in [-0.2, -0.15) is 4.37 Å². The molecule has 0 radical (unpaired) electrons. The predicted molar refractivity (Wildman–Crippen MR) is 68.5 cm³/mol. The lowest BCUT2D eigenvalue weighted by Gasteiger charge is -2.06. The van der Waals surface area contributed by atoms with Gasteiger partial charge in [-0.1, -0.05) is 0 Å². The van der Waals surface area contributed by atoms with Gasteiger partial charge in [0.25, 0.3) is 0 Å². The molecule has 0 aromatic carbocycles. The van der Waals surface area contributed by atoms with E-state index in [9.17, 15) is 0 Å². The van der Waals surface area contributed by atoms with Crippen LogP contribution in [0.3, 0.4) is 0 Å². The zero-order valence-electron chi connectivity index (χ0n) is 9.80. The molecule has 2 aromatic heterocycles. The van der Waals surface area contributed by atoms with E-state index in [1.807, 2.05) is 17.8 Å². The maximum atomic E-state index is 5.66. The molecule has 0 amide bonds. The number of hydrogen-bond acceptors (Lipinski definition) is 6. The Kier molecular flexibility index (Phi) is 3.48. The predicted octanol–water partition coefficient (Wildman–Crippen LogP) is 1.12. The van der Waals surface area contributed by atoms with E-state index in [0.29, 0.717) is 11.6 Å². The Balaban J connectivity index is 1.92. The number of nitrogens with zero attached hydrogens (tertiary/aromatic N) is 3. The quantitative estimate of drug-likeness (QED) is 0.835. The molecule has 0 fully saturated rings. The molecule has 0 spiro atoms. The zero-order chi connectivity index (χ0) is 12.3. The number of nitrogen functional groups attached to an aromatic ring is 1. The molecule has 2 rings (SSSR count). The molecule has 0 saturated heterocycles. The van der Waals surface area contributed by atoms with Gasteiger partial charge in [0.2, 0.25) is 0 Å². The second-order valence-electron chi connectivity index (χ2n) is 3.56. The van der Waals surface area contributed by atoms with E-state index in [4.69, 9.17) is 10.5 Å². The first kappa shape index (κ1) is 11.7. The molecule has 92 valence electrons. The van der Waals surface area contributed by atoms with Crippen LogP contribution in [0, 0.1) is 0 Å². The number of nitrogens with two attached hydrogens (primary N) is 1. The van der Waals surface area contributed by atoms with E-state index in [-0.39, 0.29) is 0 Å². The standard InChI is InChI=1S/C10H15N5OS/c1-15-6-5-12-7(15)3-4-13-10-8(16-2)9(11)14-17-10/h5-6,13H,3-4H2,1-2H3,(H2,11,14). The Hall–Kier alpha value is -1.76. The minimum absolute atomic E-state index is 0.428. The summed E-state index contributed by atoms with van der Waals surface area (Å²) in [6.45, 7) is 0.767. The number of rotatable bonds is 5. The summed E-state index contributed by atoms with van der Waals surface area (Å²) in [7, 11) is 3.57.